The van der Waals surface area contributed by atoms with E-state index in [0.717, 1.165) is 6.42 Å². The normalized spacial score (nSPS) is 27.7. The minimum atomic E-state index is -0.702. The van der Waals surface area contributed by atoms with Crippen LogP contribution in [0.4, 0.5) is 0 Å². The standard InChI is InChI=1S/C16H26N4O4/c1-3-5-10(16(24)20-7-4-6-11(20)14(17)22)18-15(23)13-9(2)8-12(21)19-13/h9-11,13H,3-8H2,1-2H3,(H2,17,22)(H,18,23)(H,19,21)/t9-,10+,11+,13+/m1/s1. The molecule has 0 unspecified atom stereocenters. The number of carbonyl (C=O) groups excluding carboxylic acids is 4. The Bertz CT molecular complexity index is 536. The maximum atomic E-state index is 12.8. The van der Waals surface area contributed by atoms with E-state index < -0.39 is 24.0 Å². The van der Waals surface area contributed by atoms with Gasteiger partial charge >= 0.3 is 0 Å². The van der Waals surface area contributed by atoms with Crippen molar-refractivity contribution in [2.45, 2.75) is 64.1 Å². The lowest BCUT2D eigenvalue weighted by atomic mass is 10.0. The molecule has 2 rings (SSSR count). The predicted molar refractivity (Wildman–Crippen MR) is 86.5 cm³/mol. The lowest BCUT2D eigenvalue weighted by molar-refractivity contribution is -0.141. The van der Waals surface area contributed by atoms with E-state index in [-0.39, 0.29) is 23.6 Å². The van der Waals surface area contributed by atoms with Gasteiger partial charge in [-0.1, -0.05) is 20.3 Å². The summed E-state index contributed by atoms with van der Waals surface area (Å²) in [6, 6.07) is -1.92. The van der Waals surface area contributed by atoms with Crippen LogP contribution in [-0.4, -0.2) is 53.2 Å². The molecule has 2 saturated heterocycles. The molecule has 4 amide bonds. The van der Waals surface area contributed by atoms with Gasteiger partial charge in [-0.2, -0.15) is 0 Å². The fraction of sp³-hybridized carbons (Fsp3) is 0.750. The quantitative estimate of drug-likeness (QED) is 0.591. The van der Waals surface area contributed by atoms with Crippen LogP contribution < -0.4 is 16.4 Å². The molecule has 0 aliphatic carbocycles. The molecule has 134 valence electrons. The van der Waals surface area contributed by atoms with Crippen LogP contribution in [0.25, 0.3) is 0 Å². The van der Waals surface area contributed by atoms with Gasteiger partial charge in [0, 0.05) is 13.0 Å². The van der Waals surface area contributed by atoms with Crippen LogP contribution in [0, 0.1) is 5.92 Å². The van der Waals surface area contributed by atoms with Crippen LogP contribution in [0.1, 0.15) is 46.0 Å². The highest BCUT2D eigenvalue weighted by molar-refractivity contribution is 5.95. The molecule has 8 heteroatoms. The van der Waals surface area contributed by atoms with Crippen molar-refractivity contribution in [3.8, 4) is 0 Å². The average molecular weight is 338 g/mol. The van der Waals surface area contributed by atoms with Gasteiger partial charge < -0.3 is 21.3 Å². The maximum absolute atomic E-state index is 12.8. The number of nitrogens with zero attached hydrogens (tertiary/aromatic N) is 1. The van der Waals surface area contributed by atoms with Gasteiger partial charge in [0.15, 0.2) is 0 Å². The highest BCUT2D eigenvalue weighted by Gasteiger charge is 2.39. The van der Waals surface area contributed by atoms with Gasteiger partial charge in [-0.25, -0.2) is 0 Å². The smallest absolute Gasteiger partial charge is 0.245 e. The minimum absolute atomic E-state index is 0.111. The summed E-state index contributed by atoms with van der Waals surface area (Å²) in [6.45, 7) is 4.21. The number of amides is 4. The van der Waals surface area contributed by atoms with Crippen molar-refractivity contribution in [3.05, 3.63) is 0 Å². The largest absolute Gasteiger partial charge is 0.368 e. The van der Waals surface area contributed by atoms with Crippen molar-refractivity contribution in [1.29, 1.82) is 0 Å². The molecular weight excluding hydrogens is 312 g/mol. The second-order valence-electron chi connectivity index (χ2n) is 6.67. The van der Waals surface area contributed by atoms with E-state index in [1.807, 2.05) is 13.8 Å². The summed E-state index contributed by atoms with van der Waals surface area (Å²) in [4.78, 5) is 49.6. The summed E-state index contributed by atoms with van der Waals surface area (Å²) in [5, 5.41) is 5.39. The lowest BCUT2D eigenvalue weighted by Crippen LogP contribution is -2.55. The summed E-state index contributed by atoms with van der Waals surface area (Å²) >= 11 is 0. The second kappa shape index (κ2) is 7.63. The van der Waals surface area contributed by atoms with Crippen LogP contribution in [0.5, 0.6) is 0 Å². The summed E-state index contributed by atoms with van der Waals surface area (Å²) in [5.74, 6) is -1.41. The van der Waals surface area contributed by atoms with Crippen molar-refractivity contribution in [2.24, 2.45) is 11.7 Å². The molecule has 8 nitrogen and oxygen atoms in total. The van der Waals surface area contributed by atoms with E-state index in [1.54, 1.807) is 0 Å². The number of rotatable bonds is 6. The Kier molecular flexibility index (Phi) is 5.80. The Hall–Kier alpha value is -2.12. The fourth-order valence-electron chi connectivity index (χ4n) is 3.44. The van der Waals surface area contributed by atoms with E-state index in [0.29, 0.717) is 32.2 Å². The van der Waals surface area contributed by atoms with Crippen molar-refractivity contribution in [2.75, 3.05) is 6.54 Å². The Morgan fingerprint density at radius 1 is 1.42 bits per heavy atom. The highest BCUT2D eigenvalue weighted by atomic mass is 16.2. The van der Waals surface area contributed by atoms with E-state index >= 15 is 0 Å². The Morgan fingerprint density at radius 3 is 2.67 bits per heavy atom. The third-order valence-corrected chi connectivity index (χ3v) is 4.73. The van der Waals surface area contributed by atoms with Gasteiger partial charge in [-0.15, -0.1) is 0 Å². The second-order valence-corrected chi connectivity index (χ2v) is 6.67. The van der Waals surface area contributed by atoms with Crippen LogP contribution in [0.15, 0.2) is 0 Å². The molecule has 0 aromatic carbocycles. The molecule has 0 saturated carbocycles. The molecule has 2 fully saturated rings. The van der Waals surface area contributed by atoms with Gasteiger partial charge in [0.1, 0.15) is 18.1 Å². The summed E-state index contributed by atoms with van der Waals surface area (Å²) in [5.41, 5.74) is 5.37. The molecular formula is C16H26N4O4. The number of nitrogens with two attached hydrogens (primary N) is 1. The van der Waals surface area contributed by atoms with Crippen molar-refractivity contribution >= 4 is 23.6 Å². The summed E-state index contributed by atoms with van der Waals surface area (Å²) in [6.07, 6.45) is 2.77. The number of hydrogen-bond acceptors (Lipinski definition) is 4. The molecule has 4 N–H and O–H groups in total. The number of carbonyl (C=O) groups is 4. The Morgan fingerprint density at radius 2 is 2.12 bits per heavy atom. The molecule has 0 aromatic rings. The third kappa shape index (κ3) is 3.85. The molecule has 2 aliphatic heterocycles. The summed E-state index contributed by atoms with van der Waals surface area (Å²) in [7, 11) is 0. The van der Waals surface area contributed by atoms with Gasteiger partial charge in [0.05, 0.1) is 0 Å². The molecule has 24 heavy (non-hydrogen) atoms. The third-order valence-electron chi connectivity index (χ3n) is 4.73. The molecule has 4 atom stereocenters. The lowest BCUT2D eigenvalue weighted by Gasteiger charge is -2.28. The summed E-state index contributed by atoms with van der Waals surface area (Å²) < 4.78 is 0. The first-order valence-corrected chi connectivity index (χ1v) is 8.54. The zero-order chi connectivity index (χ0) is 17.9. The SMILES string of the molecule is CCC[C@H](NC(=O)[C@H]1NC(=O)C[C@H]1C)C(=O)N1CCC[C@H]1C(N)=O. The van der Waals surface area contributed by atoms with Gasteiger partial charge in [0.2, 0.25) is 23.6 Å². The fourth-order valence-corrected chi connectivity index (χ4v) is 3.44. The van der Waals surface area contributed by atoms with Gasteiger partial charge in [-0.05, 0) is 25.2 Å². The van der Waals surface area contributed by atoms with E-state index in [9.17, 15) is 19.2 Å². The van der Waals surface area contributed by atoms with Gasteiger partial charge in [0.25, 0.3) is 0 Å². The molecule has 0 spiro atoms. The Balaban J connectivity index is 2.05. The number of hydrogen-bond donors (Lipinski definition) is 3. The van der Waals surface area contributed by atoms with Crippen LogP contribution >= 0.6 is 0 Å². The van der Waals surface area contributed by atoms with Crippen LogP contribution in [0.3, 0.4) is 0 Å². The van der Waals surface area contributed by atoms with E-state index in [1.165, 1.54) is 4.90 Å². The Labute approximate surface area is 141 Å². The van der Waals surface area contributed by atoms with Crippen molar-refractivity contribution < 1.29 is 19.2 Å². The molecule has 0 bridgehead atoms. The molecule has 0 radical (unpaired) electrons. The first-order valence-electron chi connectivity index (χ1n) is 8.54. The first-order chi connectivity index (χ1) is 11.3. The number of likely N-dealkylation sites (tertiary alicyclic amines) is 1. The van der Waals surface area contributed by atoms with Crippen LogP contribution in [-0.2, 0) is 19.2 Å². The van der Waals surface area contributed by atoms with Gasteiger partial charge in [-0.3, -0.25) is 19.2 Å². The van der Waals surface area contributed by atoms with Crippen LogP contribution in [0.2, 0.25) is 0 Å². The number of primary amides is 1. The van der Waals surface area contributed by atoms with Crippen molar-refractivity contribution in [3.63, 3.8) is 0 Å². The zero-order valence-electron chi connectivity index (χ0n) is 14.2. The zero-order valence-corrected chi connectivity index (χ0v) is 14.2. The minimum Gasteiger partial charge on any atom is -0.368 e. The van der Waals surface area contributed by atoms with Crippen molar-refractivity contribution in [1.82, 2.24) is 15.5 Å². The maximum Gasteiger partial charge on any atom is 0.245 e. The topological polar surface area (TPSA) is 122 Å². The number of nitrogens with one attached hydrogen (secondary N) is 2. The monoisotopic (exact) mass is 338 g/mol. The van der Waals surface area contributed by atoms with E-state index in [4.69, 9.17) is 5.73 Å². The molecule has 2 aliphatic rings. The first kappa shape index (κ1) is 18.2. The average Bonchev–Trinajstić information content (AvgIpc) is 3.12. The predicted octanol–water partition coefficient (Wildman–Crippen LogP) is -0.728. The van der Waals surface area contributed by atoms with E-state index in [2.05, 4.69) is 10.6 Å². The molecule has 0 aromatic heterocycles. The molecule has 2 heterocycles. The highest BCUT2D eigenvalue weighted by Crippen LogP contribution is 2.20.